The molecule has 1 amide bonds. The van der Waals surface area contributed by atoms with Gasteiger partial charge in [-0.2, -0.15) is 0 Å². The summed E-state index contributed by atoms with van der Waals surface area (Å²) in [6.07, 6.45) is 5.65. The van der Waals surface area contributed by atoms with Gasteiger partial charge in [0.2, 0.25) is 0 Å². The third-order valence-electron chi connectivity index (χ3n) is 7.10. The summed E-state index contributed by atoms with van der Waals surface area (Å²) in [4.78, 5) is 27.4. The van der Waals surface area contributed by atoms with Crippen LogP contribution in [0.1, 0.15) is 51.3 Å². The molecule has 3 aromatic rings. The van der Waals surface area contributed by atoms with E-state index < -0.39 is 5.60 Å². The van der Waals surface area contributed by atoms with E-state index >= 15 is 0 Å². The Morgan fingerprint density at radius 3 is 2.31 bits per heavy atom. The van der Waals surface area contributed by atoms with E-state index in [2.05, 4.69) is 51.2 Å². The number of piperazine rings is 1. The molecule has 7 heteroatoms. The standard InChI is InChI=1S/C29H39N5O2/c1-29(2,3)36-28(35)34-17-15-33(16-18-34)20-22-7-9-23(10-8-22)27-25-19-24(31-26(25)11-12-30-27)21-32-13-5-4-6-14-32/h7-12,19,31H,4-6,13-18,20-21H2,1-3H3. The molecule has 0 radical (unpaired) electrons. The van der Waals surface area contributed by atoms with Gasteiger partial charge in [0.15, 0.2) is 0 Å². The molecule has 0 unspecified atom stereocenters. The van der Waals surface area contributed by atoms with Gasteiger partial charge in [-0.25, -0.2) is 4.79 Å². The van der Waals surface area contributed by atoms with Gasteiger partial charge in [0.1, 0.15) is 5.60 Å². The van der Waals surface area contributed by atoms with E-state index in [1.165, 1.54) is 49.0 Å². The minimum atomic E-state index is -0.454. The van der Waals surface area contributed by atoms with Crippen LogP contribution < -0.4 is 0 Å². The predicted molar refractivity (Wildman–Crippen MR) is 144 cm³/mol. The Hall–Kier alpha value is -2.90. The number of hydrogen-bond donors (Lipinski definition) is 1. The fraction of sp³-hybridized carbons (Fsp3) is 0.517. The third-order valence-corrected chi connectivity index (χ3v) is 7.10. The maximum Gasteiger partial charge on any atom is 0.410 e. The number of hydrogen-bond acceptors (Lipinski definition) is 5. The summed E-state index contributed by atoms with van der Waals surface area (Å²) in [6.45, 7) is 13.1. The smallest absolute Gasteiger partial charge is 0.410 e. The summed E-state index contributed by atoms with van der Waals surface area (Å²) >= 11 is 0. The first kappa shape index (κ1) is 24.8. The van der Waals surface area contributed by atoms with Crippen LogP contribution in [0.4, 0.5) is 4.79 Å². The van der Waals surface area contributed by atoms with Crippen LogP contribution in [-0.4, -0.2) is 75.6 Å². The largest absolute Gasteiger partial charge is 0.444 e. The molecule has 36 heavy (non-hydrogen) atoms. The highest BCUT2D eigenvalue weighted by molar-refractivity contribution is 5.93. The van der Waals surface area contributed by atoms with Gasteiger partial charge in [0, 0.05) is 67.6 Å². The van der Waals surface area contributed by atoms with Crippen LogP contribution >= 0.6 is 0 Å². The number of rotatable bonds is 5. The molecule has 0 spiro atoms. The van der Waals surface area contributed by atoms with E-state index in [-0.39, 0.29) is 6.09 Å². The molecule has 2 fully saturated rings. The number of fused-ring (bicyclic) bond motifs is 1. The van der Waals surface area contributed by atoms with Crippen molar-refractivity contribution in [1.82, 2.24) is 24.7 Å². The Balaban J connectivity index is 1.21. The second-order valence-electron chi connectivity index (χ2n) is 11.2. The number of carbonyl (C=O) groups is 1. The van der Waals surface area contributed by atoms with Crippen molar-refractivity contribution in [2.75, 3.05) is 39.3 Å². The van der Waals surface area contributed by atoms with Crippen molar-refractivity contribution in [3.05, 3.63) is 53.9 Å². The Labute approximate surface area is 214 Å². The number of aromatic amines is 1. The zero-order valence-electron chi connectivity index (χ0n) is 21.9. The lowest BCUT2D eigenvalue weighted by Gasteiger charge is -2.35. The molecule has 5 rings (SSSR count). The number of amides is 1. The van der Waals surface area contributed by atoms with Crippen LogP contribution in [0.25, 0.3) is 22.2 Å². The molecule has 7 nitrogen and oxygen atoms in total. The molecule has 0 atom stereocenters. The van der Waals surface area contributed by atoms with Gasteiger partial charge in [-0.1, -0.05) is 30.7 Å². The molecule has 2 aliphatic rings. The van der Waals surface area contributed by atoms with Crippen molar-refractivity contribution in [2.24, 2.45) is 0 Å². The first-order valence-corrected chi connectivity index (χ1v) is 13.3. The SMILES string of the molecule is CC(C)(C)OC(=O)N1CCN(Cc2ccc(-c3nccc4[nH]c(CN5CCCCC5)cc34)cc2)CC1. The number of H-pyrrole nitrogens is 1. The van der Waals surface area contributed by atoms with Gasteiger partial charge in [-0.15, -0.1) is 0 Å². The summed E-state index contributed by atoms with van der Waals surface area (Å²) in [5.74, 6) is 0. The van der Waals surface area contributed by atoms with Crippen molar-refractivity contribution in [2.45, 2.75) is 58.7 Å². The Bertz CT molecular complexity index is 1170. The molecule has 4 heterocycles. The number of piperidine rings is 1. The Morgan fingerprint density at radius 2 is 1.61 bits per heavy atom. The van der Waals surface area contributed by atoms with Crippen LogP contribution in [0.2, 0.25) is 0 Å². The molecular weight excluding hydrogens is 450 g/mol. The van der Waals surface area contributed by atoms with Gasteiger partial charge >= 0.3 is 6.09 Å². The zero-order valence-corrected chi connectivity index (χ0v) is 21.9. The predicted octanol–water partition coefficient (Wildman–Crippen LogP) is 5.27. The van der Waals surface area contributed by atoms with E-state index in [4.69, 9.17) is 9.72 Å². The van der Waals surface area contributed by atoms with Gasteiger partial charge in [0.05, 0.1) is 5.69 Å². The monoisotopic (exact) mass is 489 g/mol. The first-order valence-electron chi connectivity index (χ1n) is 13.3. The van der Waals surface area contributed by atoms with E-state index in [1.54, 1.807) is 0 Å². The molecule has 0 saturated carbocycles. The average Bonchev–Trinajstić information content (AvgIpc) is 3.27. The van der Waals surface area contributed by atoms with E-state index in [1.807, 2.05) is 31.9 Å². The first-order chi connectivity index (χ1) is 17.3. The maximum atomic E-state index is 12.3. The zero-order chi connectivity index (χ0) is 25.1. The van der Waals surface area contributed by atoms with Crippen LogP contribution in [0.3, 0.4) is 0 Å². The number of nitrogens with one attached hydrogen (secondary N) is 1. The fourth-order valence-electron chi connectivity index (χ4n) is 5.23. The van der Waals surface area contributed by atoms with Crippen molar-refractivity contribution < 1.29 is 9.53 Å². The van der Waals surface area contributed by atoms with Gasteiger partial charge in [0.25, 0.3) is 0 Å². The number of nitrogens with zero attached hydrogens (tertiary/aromatic N) is 4. The van der Waals surface area contributed by atoms with Crippen LogP contribution in [0.15, 0.2) is 42.6 Å². The number of carbonyl (C=O) groups excluding carboxylic acids is 1. The third kappa shape index (κ3) is 6.08. The molecule has 1 aromatic carbocycles. The maximum absolute atomic E-state index is 12.3. The minimum absolute atomic E-state index is 0.211. The van der Waals surface area contributed by atoms with Crippen molar-refractivity contribution in [3.8, 4) is 11.3 Å². The summed E-state index contributed by atoms with van der Waals surface area (Å²) in [6, 6.07) is 13.1. The Morgan fingerprint density at radius 1 is 0.917 bits per heavy atom. The highest BCUT2D eigenvalue weighted by atomic mass is 16.6. The molecule has 0 aliphatic carbocycles. The van der Waals surface area contributed by atoms with Crippen molar-refractivity contribution in [3.63, 3.8) is 0 Å². The van der Waals surface area contributed by atoms with Gasteiger partial charge in [-0.05, 0) is 64.4 Å². The molecule has 2 saturated heterocycles. The lowest BCUT2D eigenvalue weighted by atomic mass is 10.0. The molecule has 1 N–H and O–H groups in total. The van der Waals surface area contributed by atoms with Crippen molar-refractivity contribution in [1.29, 1.82) is 0 Å². The molecular formula is C29H39N5O2. The van der Waals surface area contributed by atoms with Crippen LogP contribution in [0, 0.1) is 0 Å². The normalized spacial score (nSPS) is 18.0. The molecule has 2 aliphatic heterocycles. The molecule has 0 bridgehead atoms. The lowest BCUT2D eigenvalue weighted by Crippen LogP contribution is -2.49. The molecule has 192 valence electrons. The number of benzene rings is 1. The topological polar surface area (TPSA) is 64.7 Å². The number of aromatic nitrogens is 2. The van der Waals surface area contributed by atoms with E-state index in [0.29, 0.717) is 13.1 Å². The quantitative estimate of drug-likeness (QED) is 0.529. The molecule has 2 aromatic heterocycles. The summed E-state index contributed by atoms with van der Waals surface area (Å²) in [5.41, 5.74) is 5.41. The lowest BCUT2D eigenvalue weighted by molar-refractivity contribution is 0.0139. The second kappa shape index (κ2) is 10.6. The van der Waals surface area contributed by atoms with Gasteiger partial charge < -0.3 is 14.6 Å². The fourth-order valence-corrected chi connectivity index (χ4v) is 5.23. The summed E-state index contributed by atoms with van der Waals surface area (Å²) in [7, 11) is 0. The van der Waals surface area contributed by atoms with Crippen LogP contribution in [0.5, 0.6) is 0 Å². The highest BCUT2D eigenvalue weighted by Gasteiger charge is 2.25. The van der Waals surface area contributed by atoms with Crippen molar-refractivity contribution >= 4 is 17.0 Å². The number of likely N-dealkylation sites (tertiary alicyclic amines) is 1. The highest BCUT2D eigenvalue weighted by Crippen LogP contribution is 2.28. The Kier molecular flexibility index (Phi) is 7.30. The van der Waals surface area contributed by atoms with E-state index in [0.717, 1.165) is 43.0 Å². The number of pyridine rings is 1. The van der Waals surface area contributed by atoms with E-state index in [9.17, 15) is 4.79 Å². The van der Waals surface area contributed by atoms with Crippen LogP contribution in [-0.2, 0) is 17.8 Å². The summed E-state index contributed by atoms with van der Waals surface area (Å²) < 4.78 is 5.51. The average molecular weight is 490 g/mol. The van der Waals surface area contributed by atoms with Gasteiger partial charge in [-0.3, -0.25) is 14.8 Å². The minimum Gasteiger partial charge on any atom is -0.444 e. The summed E-state index contributed by atoms with van der Waals surface area (Å²) in [5, 5.41) is 1.19. The number of ether oxygens (including phenoxy) is 1. The second-order valence-corrected chi connectivity index (χ2v) is 11.2.